The number of halogens is 1. The molecule has 0 unspecified atom stereocenters. The van der Waals surface area contributed by atoms with E-state index in [0.717, 1.165) is 12.8 Å². The van der Waals surface area contributed by atoms with Crippen LogP contribution in [0, 0.1) is 5.82 Å². The molecule has 3 heterocycles. The fourth-order valence-electron chi connectivity index (χ4n) is 4.31. The van der Waals surface area contributed by atoms with Crippen molar-refractivity contribution in [2.45, 2.75) is 25.8 Å². The van der Waals surface area contributed by atoms with Crippen LogP contribution in [0.4, 0.5) is 15.8 Å². The van der Waals surface area contributed by atoms with Gasteiger partial charge >= 0.3 is 0 Å². The van der Waals surface area contributed by atoms with Gasteiger partial charge < -0.3 is 19.7 Å². The van der Waals surface area contributed by atoms with E-state index in [9.17, 15) is 14.4 Å². The lowest BCUT2D eigenvalue weighted by Gasteiger charge is -2.36. The van der Waals surface area contributed by atoms with Gasteiger partial charge in [-0.3, -0.25) is 19.4 Å². The van der Waals surface area contributed by atoms with Crippen LogP contribution in [0.3, 0.4) is 0 Å². The average molecular weight is 449 g/mol. The van der Waals surface area contributed by atoms with Gasteiger partial charge in [0.2, 0.25) is 11.3 Å². The molecule has 1 saturated carbocycles. The van der Waals surface area contributed by atoms with Crippen LogP contribution in [0.2, 0.25) is 0 Å². The number of carbonyl (C=O) groups is 2. The lowest BCUT2D eigenvalue weighted by molar-refractivity contribution is -0.129. The van der Waals surface area contributed by atoms with Crippen LogP contribution in [-0.4, -0.2) is 52.4 Å². The molecule has 170 valence electrons. The van der Waals surface area contributed by atoms with Gasteiger partial charge in [-0.1, -0.05) is 0 Å². The van der Waals surface area contributed by atoms with Gasteiger partial charge in [-0.25, -0.2) is 4.39 Å². The van der Waals surface area contributed by atoms with E-state index in [1.807, 2.05) is 9.47 Å². The highest BCUT2D eigenvalue weighted by Gasteiger charge is 2.29. The third-order valence-electron chi connectivity index (χ3n) is 6.27. The van der Waals surface area contributed by atoms with Crippen LogP contribution in [0.25, 0.3) is 10.9 Å². The van der Waals surface area contributed by atoms with Gasteiger partial charge in [0.1, 0.15) is 11.4 Å². The highest BCUT2D eigenvalue weighted by molar-refractivity contribution is 6.05. The van der Waals surface area contributed by atoms with Gasteiger partial charge in [0.25, 0.3) is 5.91 Å². The number of rotatable bonds is 4. The number of piperazine rings is 1. The van der Waals surface area contributed by atoms with E-state index in [0.29, 0.717) is 43.1 Å². The number of anilines is 2. The maximum absolute atomic E-state index is 15.2. The second-order valence-corrected chi connectivity index (χ2v) is 8.52. The maximum atomic E-state index is 15.2. The van der Waals surface area contributed by atoms with Crippen molar-refractivity contribution in [3.8, 4) is 0 Å². The van der Waals surface area contributed by atoms with Gasteiger partial charge in [0, 0.05) is 56.9 Å². The lowest BCUT2D eigenvalue weighted by Crippen LogP contribution is -2.48. The van der Waals surface area contributed by atoms with Gasteiger partial charge in [-0.05, 0) is 37.1 Å². The summed E-state index contributed by atoms with van der Waals surface area (Å²) in [5, 5.41) is 2.88. The van der Waals surface area contributed by atoms with Crippen LogP contribution >= 0.6 is 0 Å². The zero-order valence-corrected chi connectivity index (χ0v) is 18.3. The Morgan fingerprint density at radius 3 is 2.55 bits per heavy atom. The Kier molecular flexibility index (Phi) is 5.32. The highest BCUT2D eigenvalue weighted by atomic mass is 19.1. The largest absolute Gasteiger partial charge is 0.366 e. The Bertz CT molecular complexity index is 1290. The number of benzene rings is 1. The fourth-order valence-corrected chi connectivity index (χ4v) is 4.31. The molecule has 0 radical (unpaired) electrons. The summed E-state index contributed by atoms with van der Waals surface area (Å²) in [6.45, 7) is 3.61. The lowest BCUT2D eigenvalue weighted by atomic mass is 10.1. The average Bonchev–Trinajstić information content (AvgIpc) is 3.65. The van der Waals surface area contributed by atoms with Gasteiger partial charge in [-0.15, -0.1) is 0 Å². The molecule has 0 bridgehead atoms. The van der Waals surface area contributed by atoms with E-state index < -0.39 is 17.2 Å². The number of aromatic nitrogens is 2. The number of nitrogens with one attached hydrogen (secondary N) is 1. The van der Waals surface area contributed by atoms with Crippen molar-refractivity contribution < 1.29 is 14.0 Å². The summed E-state index contributed by atoms with van der Waals surface area (Å²) in [5.41, 5.74) is 0.972. The van der Waals surface area contributed by atoms with Crippen molar-refractivity contribution in [2.75, 3.05) is 36.4 Å². The molecule has 8 nitrogen and oxygen atoms in total. The Balaban J connectivity index is 1.54. The van der Waals surface area contributed by atoms with E-state index in [-0.39, 0.29) is 22.9 Å². The fraction of sp³-hybridized carbons (Fsp3) is 0.333. The first-order valence-corrected chi connectivity index (χ1v) is 11.0. The van der Waals surface area contributed by atoms with Gasteiger partial charge in [-0.2, -0.15) is 0 Å². The number of fused-ring (bicyclic) bond motifs is 1. The Morgan fingerprint density at radius 1 is 1.15 bits per heavy atom. The molecule has 2 fully saturated rings. The standard InChI is InChI=1S/C24H24FN5O3/c1-15(31)28-7-9-29(10-8-28)22-12-21-18(11-20(22)25)23(32)19(14-30(21)17-4-5-17)24(33)27-16-3-2-6-26-13-16/h2-3,6,11-14,17H,4-5,7-10H2,1H3,(H,27,33). The van der Waals surface area contributed by atoms with E-state index in [1.54, 1.807) is 35.5 Å². The van der Waals surface area contributed by atoms with Crippen molar-refractivity contribution in [3.63, 3.8) is 0 Å². The summed E-state index contributed by atoms with van der Waals surface area (Å²) in [7, 11) is 0. The van der Waals surface area contributed by atoms with E-state index in [4.69, 9.17) is 0 Å². The molecule has 2 aromatic heterocycles. The van der Waals surface area contributed by atoms with Crippen molar-refractivity contribution in [2.24, 2.45) is 0 Å². The van der Waals surface area contributed by atoms with E-state index >= 15 is 4.39 Å². The normalized spacial score (nSPS) is 16.2. The maximum Gasteiger partial charge on any atom is 0.261 e. The molecule has 1 aromatic carbocycles. The minimum Gasteiger partial charge on any atom is -0.366 e. The molecule has 2 amide bonds. The molecule has 9 heteroatoms. The van der Waals surface area contributed by atoms with Crippen molar-refractivity contribution in [1.82, 2.24) is 14.5 Å². The zero-order chi connectivity index (χ0) is 23.1. The molecule has 33 heavy (non-hydrogen) atoms. The summed E-state index contributed by atoms with van der Waals surface area (Å²) in [6, 6.07) is 6.49. The third kappa shape index (κ3) is 4.06. The molecule has 1 aliphatic carbocycles. The summed E-state index contributed by atoms with van der Waals surface area (Å²) < 4.78 is 17.1. The molecule has 2 aliphatic rings. The number of carbonyl (C=O) groups excluding carboxylic acids is 2. The number of amides is 2. The summed E-state index contributed by atoms with van der Waals surface area (Å²) >= 11 is 0. The molecular weight excluding hydrogens is 425 g/mol. The smallest absolute Gasteiger partial charge is 0.261 e. The first-order chi connectivity index (χ1) is 15.9. The first kappa shape index (κ1) is 21.1. The number of hydrogen-bond acceptors (Lipinski definition) is 5. The Labute approximate surface area is 189 Å². The van der Waals surface area contributed by atoms with Gasteiger partial charge in [0.15, 0.2) is 0 Å². The van der Waals surface area contributed by atoms with E-state index in [2.05, 4.69) is 10.3 Å². The van der Waals surface area contributed by atoms with Crippen LogP contribution < -0.4 is 15.6 Å². The van der Waals surface area contributed by atoms with Crippen LogP contribution in [0.15, 0.2) is 47.7 Å². The second kappa shape index (κ2) is 8.31. The SMILES string of the molecule is CC(=O)N1CCN(c2cc3c(cc2F)c(=O)c(C(=O)Nc2cccnc2)cn3C2CC2)CC1. The third-order valence-corrected chi connectivity index (χ3v) is 6.27. The van der Waals surface area contributed by atoms with Crippen molar-refractivity contribution in [1.29, 1.82) is 0 Å². The molecule has 0 spiro atoms. The predicted octanol–water partition coefficient (Wildman–Crippen LogP) is 2.79. The molecule has 3 aromatic rings. The number of nitrogens with zero attached hydrogens (tertiary/aromatic N) is 4. The number of pyridine rings is 2. The molecule has 1 N–H and O–H groups in total. The number of hydrogen-bond donors (Lipinski definition) is 1. The Hall–Kier alpha value is -3.75. The molecule has 1 saturated heterocycles. The summed E-state index contributed by atoms with van der Waals surface area (Å²) in [5.74, 6) is -1.05. The summed E-state index contributed by atoms with van der Waals surface area (Å²) in [4.78, 5) is 45.3. The van der Waals surface area contributed by atoms with Crippen LogP contribution in [0.5, 0.6) is 0 Å². The zero-order valence-electron chi connectivity index (χ0n) is 18.3. The summed E-state index contributed by atoms with van der Waals surface area (Å²) in [6.07, 6.45) is 6.54. The minimum atomic E-state index is -0.547. The monoisotopic (exact) mass is 449 g/mol. The van der Waals surface area contributed by atoms with Gasteiger partial charge in [0.05, 0.1) is 23.1 Å². The first-order valence-electron chi connectivity index (χ1n) is 11.0. The molecular formula is C24H24FN5O3. The molecule has 0 atom stereocenters. The second-order valence-electron chi connectivity index (χ2n) is 8.52. The predicted molar refractivity (Wildman–Crippen MR) is 123 cm³/mol. The highest BCUT2D eigenvalue weighted by Crippen LogP contribution is 2.38. The van der Waals surface area contributed by atoms with E-state index in [1.165, 1.54) is 19.2 Å². The van der Waals surface area contributed by atoms with Crippen molar-refractivity contribution >= 4 is 34.1 Å². The quantitative estimate of drug-likeness (QED) is 0.662. The molecule has 1 aliphatic heterocycles. The van der Waals surface area contributed by atoms with Crippen LogP contribution in [-0.2, 0) is 4.79 Å². The topological polar surface area (TPSA) is 87.5 Å². The van der Waals surface area contributed by atoms with Crippen LogP contribution in [0.1, 0.15) is 36.2 Å². The minimum absolute atomic E-state index is 0.00768. The van der Waals surface area contributed by atoms with Crippen molar-refractivity contribution in [3.05, 3.63) is 64.5 Å². The molecule has 5 rings (SSSR count). The Morgan fingerprint density at radius 2 is 1.91 bits per heavy atom.